The number of ether oxygens (including phenoxy) is 2. The first-order valence-electron chi connectivity index (χ1n) is 8.53. The fourth-order valence-corrected chi connectivity index (χ4v) is 2.99. The summed E-state index contributed by atoms with van der Waals surface area (Å²) in [6, 6.07) is 0. The van der Waals surface area contributed by atoms with Gasteiger partial charge in [0.05, 0.1) is 29.0 Å². The minimum absolute atomic E-state index is 0.152. The van der Waals surface area contributed by atoms with Gasteiger partial charge in [0.2, 0.25) is 5.91 Å². The molecular formula is C18H36N2O3. The molecule has 5 heteroatoms. The van der Waals surface area contributed by atoms with Gasteiger partial charge in [-0.25, -0.2) is 0 Å². The van der Waals surface area contributed by atoms with Crippen molar-refractivity contribution < 1.29 is 14.3 Å². The number of hydrogen-bond donors (Lipinski definition) is 1. The molecule has 5 nitrogen and oxygen atoms in total. The Morgan fingerprint density at radius 1 is 1.04 bits per heavy atom. The van der Waals surface area contributed by atoms with Crippen LogP contribution in [0.1, 0.15) is 68.2 Å². The third-order valence-corrected chi connectivity index (χ3v) is 4.76. The summed E-state index contributed by atoms with van der Waals surface area (Å²) in [7, 11) is 1.72. The van der Waals surface area contributed by atoms with Crippen LogP contribution in [0.2, 0.25) is 0 Å². The summed E-state index contributed by atoms with van der Waals surface area (Å²) >= 11 is 0. The van der Waals surface area contributed by atoms with E-state index < -0.39 is 5.54 Å². The molecule has 0 bridgehead atoms. The highest BCUT2D eigenvalue weighted by molar-refractivity contribution is 5.88. The minimum Gasteiger partial charge on any atom is -0.379 e. The van der Waals surface area contributed by atoms with Crippen LogP contribution in [0.3, 0.4) is 0 Å². The lowest BCUT2D eigenvalue weighted by Gasteiger charge is -2.35. The van der Waals surface area contributed by atoms with E-state index in [9.17, 15) is 4.79 Å². The molecule has 136 valence electrons. The highest BCUT2D eigenvalue weighted by atomic mass is 16.5. The van der Waals surface area contributed by atoms with E-state index in [0.29, 0.717) is 13.2 Å². The summed E-state index contributed by atoms with van der Waals surface area (Å²) in [6.07, 6.45) is 1.64. The quantitative estimate of drug-likeness (QED) is 0.744. The van der Waals surface area contributed by atoms with Gasteiger partial charge in [0.25, 0.3) is 0 Å². The molecule has 1 N–H and O–H groups in total. The Balaban J connectivity index is 2.54. The molecule has 0 aromatic carbocycles. The Labute approximate surface area is 142 Å². The molecule has 23 heavy (non-hydrogen) atoms. The lowest BCUT2D eigenvalue weighted by Crippen LogP contribution is -2.49. The van der Waals surface area contributed by atoms with E-state index in [1.54, 1.807) is 7.11 Å². The fourth-order valence-electron chi connectivity index (χ4n) is 2.99. The Morgan fingerprint density at radius 2 is 1.61 bits per heavy atom. The normalized spacial score (nSPS) is 21.1. The smallest absolute Gasteiger partial charge is 0.243 e. The SMILES string of the molecule is COC(C)(C)CCOC(C)(C)CCN1C(=O)C(C)(C)NC1(C)C. The second-order valence-electron chi connectivity index (χ2n) is 8.84. The third kappa shape index (κ3) is 5.44. The molecule has 0 saturated carbocycles. The highest BCUT2D eigenvalue weighted by Gasteiger charge is 2.49. The van der Waals surface area contributed by atoms with Crippen LogP contribution in [0.25, 0.3) is 0 Å². The Morgan fingerprint density at radius 3 is 2.04 bits per heavy atom. The predicted octanol–water partition coefficient (Wildman–Crippen LogP) is 2.93. The van der Waals surface area contributed by atoms with E-state index in [-0.39, 0.29) is 22.8 Å². The largest absolute Gasteiger partial charge is 0.379 e. The number of carbonyl (C=O) groups excluding carboxylic acids is 1. The zero-order valence-electron chi connectivity index (χ0n) is 16.5. The van der Waals surface area contributed by atoms with Crippen LogP contribution in [0, 0.1) is 0 Å². The van der Waals surface area contributed by atoms with Gasteiger partial charge in [-0.05, 0) is 68.2 Å². The molecule has 0 radical (unpaired) electrons. The van der Waals surface area contributed by atoms with Gasteiger partial charge >= 0.3 is 0 Å². The van der Waals surface area contributed by atoms with Gasteiger partial charge in [0.1, 0.15) is 0 Å². The molecule has 1 aliphatic heterocycles. The molecule has 0 aliphatic carbocycles. The van der Waals surface area contributed by atoms with Gasteiger partial charge in [-0.1, -0.05) is 0 Å². The molecule has 1 rings (SSSR count). The first-order chi connectivity index (χ1) is 10.2. The molecule has 1 aliphatic rings. The van der Waals surface area contributed by atoms with Crippen molar-refractivity contribution in [3.8, 4) is 0 Å². The summed E-state index contributed by atoms with van der Waals surface area (Å²) in [6.45, 7) is 17.6. The van der Waals surface area contributed by atoms with Gasteiger partial charge in [-0.3, -0.25) is 10.1 Å². The number of carbonyl (C=O) groups is 1. The summed E-state index contributed by atoms with van der Waals surface area (Å²) < 4.78 is 11.5. The monoisotopic (exact) mass is 328 g/mol. The number of nitrogens with one attached hydrogen (secondary N) is 1. The van der Waals surface area contributed by atoms with E-state index in [0.717, 1.165) is 12.8 Å². The van der Waals surface area contributed by atoms with Crippen LogP contribution < -0.4 is 5.32 Å². The number of rotatable bonds is 8. The molecule has 0 unspecified atom stereocenters. The van der Waals surface area contributed by atoms with Crippen molar-refractivity contribution in [2.45, 2.75) is 90.6 Å². The average Bonchev–Trinajstić information content (AvgIpc) is 2.51. The Kier molecular flexibility index (Phi) is 5.93. The fraction of sp³-hybridized carbons (Fsp3) is 0.944. The number of nitrogens with zero attached hydrogens (tertiary/aromatic N) is 1. The van der Waals surface area contributed by atoms with Crippen LogP contribution in [0.5, 0.6) is 0 Å². The number of amides is 1. The summed E-state index contributed by atoms with van der Waals surface area (Å²) in [5.41, 5.74) is -1.27. The van der Waals surface area contributed by atoms with Crippen LogP contribution >= 0.6 is 0 Å². The molecule has 0 aromatic rings. The minimum atomic E-state index is -0.503. The van der Waals surface area contributed by atoms with E-state index >= 15 is 0 Å². The van der Waals surface area contributed by atoms with Crippen molar-refractivity contribution in [2.24, 2.45) is 0 Å². The van der Waals surface area contributed by atoms with Crippen molar-refractivity contribution in [1.29, 1.82) is 0 Å². The van der Waals surface area contributed by atoms with Crippen LogP contribution in [0.4, 0.5) is 0 Å². The van der Waals surface area contributed by atoms with Crippen molar-refractivity contribution in [3.63, 3.8) is 0 Å². The number of hydrogen-bond acceptors (Lipinski definition) is 4. The lowest BCUT2D eigenvalue weighted by molar-refractivity contribution is -0.134. The molecular weight excluding hydrogens is 292 g/mol. The van der Waals surface area contributed by atoms with Crippen molar-refractivity contribution >= 4 is 5.91 Å². The second kappa shape index (κ2) is 6.69. The molecule has 0 spiro atoms. The molecule has 0 aromatic heterocycles. The van der Waals surface area contributed by atoms with E-state index in [4.69, 9.17) is 9.47 Å². The highest BCUT2D eigenvalue weighted by Crippen LogP contribution is 2.29. The standard InChI is InChI=1S/C18H36N2O3/c1-15(2,22-9)11-13-23-16(3,4)10-12-20-14(21)17(5,6)19-18(20,7)8/h19H,10-13H2,1-9H3. The number of methoxy groups -OCH3 is 1. The molecule has 1 amide bonds. The average molecular weight is 328 g/mol. The first kappa shape index (κ1) is 20.4. The zero-order valence-corrected chi connectivity index (χ0v) is 16.5. The predicted molar refractivity (Wildman–Crippen MR) is 93.4 cm³/mol. The topological polar surface area (TPSA) is 50.8 Å². The third-order valence-electron chi connectivity index (χ3n) is 4.76. The maximum absolute atomic E-state index is 12.6. The summed E-state index contributed by atoms with van der Waals surface area (Å²) in [5.74, 6) is 0.152. The van der Waals surface area contributed by atoms with Crippen LogP contribution in [-0.4, -0.2) is 53.5 Å². The lowest BCUT2D eigenvalue weighted by atomic mass is 10.0. The van der Waals surface area contributed by atoms with Gasteiger partial charge < -0.3 is 14.4 Å². The second-order valence-corrected chi connectivity index (χ2v) is 8.84. The maximum Gasteiger partial charge on any atom is 0.243 e. The van der Waals surface area contributed by atoms with E-state index in [1.807, 2.05) is 18.7 Å². The van der Waals surface area contributed by atoms with Gasteiger partial charge in [-0.15, -0.1) is 0 Å². The van der Waals surface area contributed by atoms with Crippen molar-refractivity contribution in [1.82, 2.24) is 10.2 Å². The van der Waals surface area contributed by atoms with Gasteiger partial charge in [0, 0.05) is 13.7 Å². The van der Waals surface area contributed by atoms with E-state index in [2.05, 4.69) is 46.9 Å². The Hall–Kier alpha value is -0.650. The first-order valence-corrected chi connectivity index (χ1v) is 8.53. The van der Waals surface area contributed by atoms with Gasteiger partial charge in [0.15, 0.2) is 0 Å². The van der Waals surface area contributed by atoms with Crippen LogP contribution in [-0.2, 0) is 14.3 Å². The van der Waals surface area contributed by atoms with Crippen molar-refractivity contribution in [3.05, 3.63) is 0 Å². The summed E-state index contributed by atoms with van der Waals surface area (Å²) in [4.78, 5) is 14.5. The maximum atomic E-state index is 12.6. The Bertz CT molecular complexity index is 428. The molecule has 1 heterocycles. The molecule has 1 saturated heterocycles. The molecule has 0 atom stereocenters. The molecule has 1 fully saturated rings. The van der Waals surface area contributed by atoms with Crippen molar-refractivity contribution in [2.75, 3.05) is 20.3 Å². The van der Waals surface area contributed by atoms with Gasteiger partial charge in [-0.2, -0.15) is 0 Å². The summed E-state index contributed by atoms with van der Waals surface area (Å²) in [5, 5.41) is 3.40. The zero-order chi connectivity index (χ0) is 18.1. The van der Waals surface area contributed by atoms with E-state index in [1.165, 1.54) is 0 Å². The van der Waals surface area contributed by atoms with Crippen LogP contribution in [0.15, 0.2) is 0 Å².